The lowest BCUT2D eigenvalue weighted by molar-refractivity contribution is -0.120. The van der Waals surface area contributed by atoms with E-state index >= 15 is 0 Å². The average Bonchev–Trinajstić information content (AvgIpc) is 2.78. The molecule has 0 bridgehead atoms. The van der Waals surface area contributed by atoms with Gasteiger partial charge in [0.05, 0.1) is 23.6 Å². The van der Waals surface area contributed by atoms with E-state index < -0.39 is 0 Å². The van der Waals surface area contributed by atoms with Crippen molar-refractivity contribution in [2.45, 2.75) is 32.9 Å². The van der Waals surface area contributed by atoms with Crippen molar-refractivity contribution in [3.05, 3.63) is 30.1 Å². The molecule has 20 heavy (non-hydrogen) atoms. The van der Waals surface area contributed by atoms with Crippen molar-refractivity contribution in [3.63, 3.8) is 0 Å². The van der Waals surface area contributed by atoms with Gasteiger partial charge in [0.25, 0.3) is 0 Å². The molecule has 0 saturated carbocycles. The van der Waals surface area contributed by atoms with Gasteiger partial charge >= 0.3 is 0 Å². The predicted octanol–water partition coefficient (Wildman–Crippen LogP) is 2.01. The Balaban J connectivity index is 2.37. The standard InChI is InChI=1S/C15H22N4O/c1-10(2)19-13-8-6-5-7-12(13)18-15(19)11(3)17-14(20)9-16-4/h5-8,10-11,16H,9H2,1-4H3,(H,17,20). The zero-order chi connectivity index (χ0) is 14.7. The monoisotopic (exact) mass is 274 g/mol. The number of carbonyl (C=O) groups is 1. The Morgan fingerprint density at radius 3 is 2.65 bits per heavy atom. The molecule has 0 aliphatic carbocycles. The first-order chi connectivity index (χ1) is 9.54. The van der Waals surface area contributed by atoms with Gasteiger partial charge in [-0.25, -0.2) is 4.98 Å². The molecule has 0 radical (unpaired) electrons. The molecule has 108 valence electrons. The average molecular weight is 274 g/mol. The summed E-state index contributed by atoms with van der Waals surface area (Å²) in [6.45, 7) is 6.53. The van der Waals surface area contributed by atoms with Crippen LogP contribution in [0.2, 0.25) is 0 Å². The fraction of sp³-hybridized carbons (Fsp3) is 0.467. The molecule has 5 nitrogen and oxygen atoms in total. The zero-order valence-corrected chi connectivity index (χ0v) is 12.5. The molecule has 0 fully saturated rings. The van der Waals surface area contributed by atoms with Gasteiger partial charge in [-0.2, -0.15) is 0 Å². The highest BCUT2D eigenvalue weighted by Gasteiger charge is 2.19. The molecule has 1 amide bonds. The highest BCUT2D eigenvalue weighted by molar-refractivity contribution is 5.79. The van der Waals surface area contributed by atoms with Crippen LogP contribution < -0.4 is 10.6 Å². The summed E-state index contributed by atoms with van der Waals surface area (Å²) in [5, 5.41) is 5.82. The number of nitrogens with one attached hydrogen (secondary N) is 2. The minimum atomic E-state index is -0.120. The number of hydrogen-bond acceptors (Lipinski definition) is 3. The van der Waals surface area contributed by atoms with E-state index in [2.05, 4.69) is 40.1 Å². The van der Waals surface area contributed by atoms with Crippen LogP contribution in [0.1, 0.15) is 38.7 Å². The van der Waals surface area contributed by atoms with E-state index in [1.54, 1.807) is 7.05 Å². The lowest BCUT2D eigenvalue weighted by Crippen LogP contribution is -2.35. The molecule has 1 aromatic heterocycles. The summed E-state index contributed by atoms with van der Waals surface area (Å²) in [7, 11) is 1.76. The van der Waals surface area contributed by atoms with E-state index in [9.17, 15) is 4.79 Å². The lowest BCUT2D eigenvalue weighted by atomic mass is 10.2. The van der Waals surface area contributed by atoms with Gasteiger partial charge in [0.2, 0.25) is 5.91 Å². The summed E-state index contributed by atoms with van der Waals surface area (Å²) in [5.41, 5.74) is 2.07. The maximum absolute atomic E-state index is 11.7. The molecule has 1 aromatic carbocycles. The van der Waals surface area contributed by atoms with Crippen molar-refractivity contribution in [1.82, 2.24) is 20.2 Å². The summed E-state index contributed by atoms with van der Waals surface area (Å²) in [6.07, 6.45) is 0. The van der Waals surface area contributed by atoms with Crippen LogP contribution in [0.15, 0.2) is 24.3 Å². The van der Waals surface area contributed by atoms with Gasteiger partial charge in [0, 0.05) is 6.04 Å². The first-order valence-corrected chi connectivity index (χ1v) is 6.95. The number of fused-ring (bicyclic) bond motifs is 1. The Labute approximate surface area is 119 Å². The van der Waals surface area contributed by atoms with Gasteiger partial charge in [0.15, 0.2) is 0 Å². The summed E-state index contributed by atoms with van der Waals surface area (Å²) >= 11 is 0. The molecule has 0 aliphatic heterocycles. The highest BCUT2D eigenvalue weighted by Crippen LogP contribution is 2.24. The Kier molecular flexibility index (Phi) is 4.39. The summed E-state index contributed by atoms with van der Waals surface area (Å²) < 4.78 is 2.18. The Morgan fingerprint density at radius 1 is 1.30 bits per heavy atom. The zero-order valence-electron chi connectivity index (χ0n) is 12.5. The van der Waals surface area contributed by atoms with E-state index in [-0.39, 0.29) is 11.9 Å². The number of hydrogen-bond donors (Lipinski definition) is 2. The largest absolute Gasteiger partial charge is 0.345 e. The molecular weight excluding hydrogens is 252 g/mol. The Morgan fingerprint density at radius 2 is 2.00 bits per heavy atom. The number of benzene rings is 1. The first kappa shape index (κ1) is 14.5. The van der Waals surface area contributed by atoms with Crippen LogP contribution in [0.3, 0.4) is 0 Å². The van der Waals surface area contributed by atoms with Crippen LogP contribution in [0.5, 0.6) is 0 Å². The maximum Gasteiger partial charge on any atom is 0.234 e. The number of likely N-dealkylation sites (N-methyl/N-ethyl adjacent to an activating group) is 1. The SMILES string of the molecule is CNCC(=O)NC(C)c1nc2ccccc2n1C(C)C. The van der Waals surface area contributed by atoms with Crippen molar-refractivity contribution < 1.29 is 4.79 Å². The second kappa shape index (κ2) is 6.05. The van der Waals surface area contributed by atoms with E-state index in [1.807, 2.05) is 25.1 Å². The van der Waals surface area contributed by atoms with Gasteiger partial charge in [-0.1, -0.05) is 12.1 Å². The molecule has 2 aromatic rings. The number of carbonyl (C=O) groups excluding carboxylic acids is 1. The molecule has 1 atom stereocenters. The Hall–Kier alpha value is -1.88. The molecule has 2 rings (SSSR count). The van der Waals surface area contributed by atoms with Gasteiger partial charge in [-0.15, -0.1) is 0 Å². The fourth-order valence-electron chi connectivity index (χ4n) is 2.43. The molecule has 1 unspecified atom stereocenters. The number of aromatic nitrogens is 2. The summed E-state index contributed by atoms with van der Waals surface area (Å²) in [4.78, 5) is 16.4. The minimum Gasteiger partial charge on any atom is -0.345 e. The van der Waals surface area contributed by atoms with Crippen molar-refractivity contribution >= 4 is 16.9 Å². The van der Waals surface area contributed by atoms with E-state index in [1.165, 1.54) is 0 Å². The van der Waals surface area contributed by atoms with Crippen LogP contribution in [-0.2, 0) is 4.79 Å². The third kappa shape index (κ3) is 2.82. The number of rotatable bonds is 5. The first-order valence-electron chi connectivity index (χ1n) is 6.95. The Bertz CT molecular complexity index is 603. The molecule has 2 N–H and O–H groups in total. The summed E-state index contributed by atoms with van der Waals surface area (Å²) in [6, 6.07) is 8.23. The molecule has 0 aliphatic rings. The summed E-state index contributed by atoms with van der Waals surface area (Å²) in [5.74, 6) is 0.869. The topological polar surface area (TPSA) is 59.0 Å². The quantitative estimate of drug-likeness (QED) is 0.877. The number of imidazole rings is 1. The van der Waals surface area contributed by atoms with Gasteiger partial charge in [0.1, 0.15) is 5.82 Å². The van der Waals surface area contributed by atoms with Crippen molar-refractivity contribution in [2.24, 2.45) is 0 Å². The van der Waals surface area contributed by atoms with Crippen molar-refractivity contribution in [2.75, 3.05) is 13.6 Å². The fourth-order valence-corrected chi connectivity index (χ4v) is 2.43. The second-order valence-electron chi connectivity index (χ2n) is 5.24. The van der Waals surface area contributed by atoms with Crippen LogP contribution >= 0.6 is 0 Å². The van der Waals surface area contributed by atoms with Crippen LogP contribution in [0.4, 0.5) is 0 Å². The minimum absolute atomic E-state index is 0.0256. The third-order valence-corrected chi connectivity index (χ3v) is 3.24. The molecular formula is C15H22N4O. The number of amides is 1. The van der Waals surface area contributed by atoms with E-state index in [0.29, 0.717) is 12.6 Å². The maximum atomic E-state index is 11.7. The molecule has 1 heterocycles. The van der Waals surface area contributed by atoms with E-state index in [0.717, 1.165) is 16.9 Å². The molecule has 0 saturated heterocycles. The third-order valence-electron chi connectivity index (χ3n) is 3.24. The van der Waals surface area contributed by atoms with Crippen molar-refractivity contribution in [3.8, 4) is 0 Å². The lowest BCUT2D eigenvalue weighted by Gasteiger charge is -2.18. The molecule has 0 spiro atoms. The second-order valence-corrected chi connectivity index (χ2v) is 5.24. The number of nitrogens with zero attached hydrogens (tertiary/aromatic N) is 2. The predicted molar refractivity (Wildman–Crippen MR) is 80.6 cm³/mol. The smallest absolute Gasteiger partial charge is 0.234 e. The van der Waals surface area contributed by atoms with Gasteiger partial charge in [-0.05, 0) is 40.0 Å². The molecule has 5 heteroatoms. The normalized spacial score (nSPS) is 12.8. The van der Waals surface area contributed by atoms with E-state index in [4.69, 9.17) is 0 Å². The van der Waals surface area contributed by atoms with Crippen LogP contribution in [0, 0.1) is 0 Å². The van der Waals surface area contributed by atoms with Gasteiger partial charge in [-0.3, -0.25) is 4.79 Å². The van der Waals surface area contributed by atoms with Gasteiger partial charge < -0.3 is 15.2 Å². The van der Waals surface area contributed by atoms with Crippen LogP contribution in [-0.4, -0.2) is 29.1 Å². The number of para-hydroxylation sites is 2. The highest BCUT2D eigenvalue weighted by atomic mass is 16.1. The van der Waals surface area contributed by atoms with Crippen molar-refractivity contribution in [1.29, 1.82) is 0 Å². The van der Waals surface area contributed by atoms with Crippen LogP contribution in [0.25, 0.3) is 11.0 Å².